The number of benzene rings is 1. The fourth-order valence-electron chi connectivity index (χ4n) is 3.96. The van der Waals surface area contributed by atoms with Crippen LogP contribution in [0.25, 0.3) is 0 Å². The summed E-state index contributed by atoms with van der Waals surface area (Å²) in [6, 6.07) is 13.0. The lowest BCUT2D eigenvalue weighted by atomic mass is 10.2. The van der Waals surface area contributed by atoms with E-state index < -0.39 is 0 Å². The van der Waals surface area contributed by atoms with Crippen molar-refractivity contribution in [2.24, 2.45) is 0 Å². The van der Waals surface area contributed by atoms with Gasteiger partial charge in [-0.1, -0.05) is 30.3 Å². The van der Waals surface area contributed by atoms with Gasteiger partial charge in [-0.2, -0.15) is 5.26 Å². The molecule has 0 bridgehead atoms. The molecule has 0 radical (unpaired) electrons. The number of nitrogens with zero attached hydrogens (tertiary/aromatic N) is 4. The maximum absolute atomic E-state index is 9.05. The first kappa shape index (κ1) is 21.2. The minimum absolute atomic E-state index is 0.203. The third-order valence-corrected chi connectivity index (χ3v) is 5.52. The van der Waals surface area contributed by atoms with Crippen molar-refractivity contribution in [1.29, 1.82) is 5.26 Å². The first-order chi connectivity index (χ1) is 13.8. The zero-order chi connectivity index (χ0) is 19.4. The van der Waals surface area contributed by atoms with Gasteiger partial charge in [-0.15, -0.1) is 0 Å². The number of rotatable bonds is 9. The maximum atomic E-state index is 9.05. The molecule has 154 valence electrons. The van der Waals surface area contributed by atoms with Crippen molar-refractivity contribution in [1.82, 2.24) is 14.7 Å². The molecule has 0 spiro atoms. The summed E-state index contributed by atoms with van der Waals surface area (Å²) >= 11 is 0. The van der Waals surface area contributed by atoms with Crippen LogP contribution < -0.4 is 0 Å². The summed E-state index contributed by atoms with van der Waals surface area (Å²) in [4.78, 5) is 7.38. The smallest absolute Gasteiger partial charge is 0.0828 e. The standard InChI is InChI=1S/C22H34N4O2/c23-8-4-9-25(12-11-24-13-16-27-17-14-24)19-22-20-26(10-5-15-28-22)18-21-6-2-1-3-7-21/h1-3,6-7,22H,4-5,9-20H2. The predicted molar refractivity (Wildman–Crippen MR) is 110 cm³/mol. The maximum Gasteiger partial charge on any atom is 0.0828 e. The van der Waals surface area contributed by atoms with Crippen LogP contribution in [0.1, 0.15) is 18.4 Å². The summed E-state index contributed by atoms with van der Waals surface area (Å²) in [5.41, 5.74) is 1.36. The molecule has 0 aromatic heterocycles. The zero-order valence-corrected chi connectivity index (χ0v) is 17.0. The van der Waals surface area contributed by atoms with Gasteiger partial charge in [-0.25, -0.2) is 0 Å². The second kappa shape index (κ2) is 12.2. The fourth-order valence-corrected chi connectivity index (χ4v) is 3.96. The summed E-state index contributed by atoms with van der Waals surface area (Å²) in [5.74, 6) is 0. The second-order valence-electron chi connectivity index (χ2n) is 7.73. The molecule has 2 aliphatic rings. The highest BCUT2D eigenvalue weighted by molar-refractivity contribution is 5.14. The van der Waals surface area contributed by atoms with Crippen LogP contribution >= 0.6 is 0 Å². The predicted octanol–water partition coefficient (Wildman–Crippen LogP) is 1.83. The Morgan fingerprint density at radius 1 is 1.04 bits per heavy atom. The molecular weight excluding hydrogens is 352 g/mol. The van der Waals surface area contributed by atoms with Crippen molar-refractivity contribution in [2.45, 2.75) is 25.5 Å². The normalized spacial score (nSPS) is 22.1. The minimum Gasteiger partial charge on any atom is -0.379 e. The van der Waals surface area contributed by atoms with Gasteiger partial charge in [0.1, 0.15) is 0 Å². The Morgan fingerprint density at radius 2 is 1.86 bits per heavy atom. The van der Waals surface area contributed by atoms with Gasteiger partial charge in [0, 0.05) is 71.9 Å². The molecule has 1 atom stereocenters. The lowest BCUT2D eigenvalue weighted by Gasteiger charge is -2.32. The van der Waals surface area contributed by atoms with E-state index in [0.29, 0.717) is 6.42 Å². The third-order valence-electron chi connectivity index (χ3n) is 5.52. The molecule has 2 heterocycles. The third kappa shape index (κ3) is 7.50. The van der Waals surface area contributed by atoms with Gasteiger partial charge >= 0.3 is 0 Å². The Bertz CT molecular complexity index is 586. The first-order valence-corrected chi connectivity index (χ1v) is 10.6. The molecule has 2 fully saturated rings. The number of nitriles is 1. The van der Waals surface area contributed by atoms with E-state index in [1.165, 1.54) is 5.56 Å². The van der Waals surface area contributed by atoms with Crippen LogP contribution in [-0.4, -0.2) is 93.0 Å². The van der Waals surface area contributed by atoms with E-state index in [1.807, 2.05) is 0 Å². The van der Waals surface area contributed by atoms with Gasteiger partial charge in [0.2, 0.25) is 0 Å². The van der Waals surface area contributed by atoms with Crippen molar-refractivity contribution in [2.75, 3.05) is 72.2 Å². The van der Waals surface area contributed by atoms with E-state index in [1.54, 1.807) is 0 Å². The molecule has 0 aliphatic carbocycles. The molecular formula is C22H34N4O2. The molecule has 0 N–H and O–H groups in total. The topological polar surface area (TPSA) is 52.0 Å². The van der Waals surface area contributed by atoms with E-state index in [4.69, 9.17) is 14.7 Å². The van der Waals surface area contributed by atoms with Gasteiger partial charge in [0.25, 0.3) is 0 Å². The Morgan fingerprint density at radius 3 is 2.64 bits per heavy atom. The van der Waals surface area contributed by atoms with Crippen LogP contribution in [0.4, 0.5) is 0 Å². The number of morpholine rings is 1. The lowest BCUT2D eigenvalue weighted by molar-refractivity contribution is 0.0136. The van der Waals surface area contributed by atoms with Crippen LogP contribution in [-0.2, 0) is 16.0 Å². The number of hydrogen-bond donors (Lipinski definition) is 0. The lowest BCUT2D eigenvalue weighted by Crippen LogP contribution is -2.45. The summed E-state index contributed by atoms with van der Waals surface area (Å²) in [6.45, 7) is 11.3. The summed E-state index contributed by atoms with van der Waals surface area (Å²) < 4.78 is 11.6. The van der Waals surface area contributed by atoms with E-state index in [9.17, 15) is 0 Å². The van der Waals surface area contributed by atoms with Crippen LogP contribution in [0, 0.1) is 11.3 Å². The average Bonchev–Trinajstić information content (AvgIpc) is 2.96. The highest BCUT2D eigenvalue weighted by Crippen LogP contribution is 2.12. The van der Waals surface area contributed by atoms with Crippen LogP contribution in [0.2, 0.25) is 0 Å². The van der Waals surface area contributed by atoms with E-state index in [-0.39, 0.29) is 6.10 Å². The molecule has 0 saturated carbocycles. The van der Waals surface area contributed by atoms with Crippen LogP contribution in [0.3, 0.4) is 0 Å². The molecule has 6 heteroatoms. The van der Waals surface area contributed by atoms with Crippen molar-refractivity contribution in [3.63, 3.8) is 0 Å². The molecule has 3 rings (SSSR count). The van der Waals surface area contributed by atoms with E-state index in [0.717, 1.165) is 85.1 Å². The number of hydrogen-bond acceptors (Lipinski definition) is 6. The van der Waals surface area contributed by atoms with Gasteiger partial charge < -0.3 is 9.47 Å². The summed E-state index contributed by atoms with van der Waals surface area (Å²) in [6.07, 6.45) is 1.85. The largest absolute Gasteiger partial charge is 0.379 e. The highest BCUT2D eigenvalue weighted by Gasteiger charge is 2.22. The molecule has 2 aliphatic heterocycles. The number of ether oxygens (including phenoxy) is 2. The average molecular weight is 387 g/mol. The molecule has 6 nitrogen and oxygen atoms in total. The molecule has 0 amide bonds. The Hall–Kier alpha value is -1.49. The summed E-state index contributed by atoms with van der Waals surface area (Å²) in [5, 5.41) is 9.05. The van der Waals surface area contributed by atoms with E-state index >= 15 is 0 Å². The van der Waals surface area contributed by atoms with Crippen molar-refractivity contribution in [3.05, 3.63) is 35.9 Å². The molecule has 2 saturated heterocycles. The Kier molecular flexibility index (Phi) is 9.21. The highest BCUT2D eigenvalue weighted by atomic mass is 16.5. The molecule has 1 aromatic rings. The molecule has 28 heavy (non-hydrogen) atoms. The Labute approximate surface area is 169 Å². The van der Waals surface area contributed by atoms with E-state index in [2.05, 4.69) is 51.1 Å². The molecule has 1 aromatic carbocycles. The minimum atomic E-state index is 0.203. The van der Waals surface area contributed by atoms with Crippen LogP contribution in [0.5, 0.6) is 0 Å². The monoisotopic (exact) mass is 386 g/mol. The van der Waals surface area contributed by atoms with Gasteiger partial charge in [-0.3, -0.25) is 14.7 Å². The first-order valence-electron chi connectivity index (χ1n) is 10.6. The fraction of sp³-hybridized carbons (Fsp3) is 0.682. The van der Waals surface area contributed by atoms with Crippen molar-refractivity contribution in [3.8, 4) is 6.07 Å². The van der Waals surface area contributed by atoms with Crippen LogP contribution in [0.15, 0.2) is 30.3 Å². The quantitative estimate of drug-likeness (QED) is 0.645. The molecule has 1 unspecified atom stereocenters. The van der Waals surface area contributed by atoms with Gasteiger partial charge in [0.15, 0.2) is 0 Å². The zero-order valence-electron chi connectivity index (χ0n) is 17.0. The van der Waals surface area contributed by atoms with Crippen molar-refractivity contribution < 1.29 is 9.47 Å². The van der Waals surface area contributed by atoms with Gasteiger partial charge in [0.05, 0.1) is 25.4 Å². The Balaban J connectivity index is 1.51. The SMILES string of the molecule is N#CCCN(CCN1CCOCC1)CC1CN(Cc2ccccc2)CCCO1. The van der Waals surface area contributed by atoms with Crippen molar-refractivity contribution >= 4 is 0 Å². The summed E-state index contributed by atoms with van der Waals surface area (Å²) in [7, 11) is 0. The van der Waals surface area contributed by atoms with Gasteiger partial charge in [-0.05, 0) is 12.0 Å². The second-order valence-corrected chi connectivity index (χ2v) is 7.73.